The van der Waals surface area contributed by atoms with Crippen molar-refractivity contribution in [2.75, 3.05) is 6.54 Å². The van der Waals surface area contributed by atoms with Crippen LogP contribution in [0.25, 0.3) is 6.08 Å². The van der Waals surface area contributed by atoms with E-state index in [0.29, 0.717) is 15.6 Å². The maximum atomic E-state index is 12.2. The highest BCUT2D eigenvalue weighted by atomic mass is 35.5. The molecule has 27 heavy (non-hydrogen) atoms. The minimum Gasteiger partial charge on any atom is -0.481 e. The van der Waals surface area contributed by atoms with Gasteiger partial charge < -0.3 is 5.11 Å². The molecule has 0 heterocycles. The molecular weight excluding hydrogens is 413 g/mol. The molecule has 142 valence electrons. The van der Waals surface area contributed by atoms with E-state index in [-0.39, 0.29) is 29.2 Å². The summed E-state index contributed by atoms with van der Waals surface area (Å²) in [5.41, 5.74) is 0.787. The number of halogens is 2. The quantitative estimate of drug-likeness (QED) is 0.494. The minimum absolute atomic E-state index is 0.0671. The molecule has 0 spiro atoms. The lowest BCUT2D eigenvalue weighted by molar-refractivity contribution is -0.136. The van der Waals surface area contributed by atoms with Crippen molar-refractivity contribution in [3.05, 3.63) is 69.7 Å². The van der Waals surface area contributed by atoms with Gasteiger partial charge >= 0.3 is 5.97 Å². The number of carbonyl (C=O) groups excluding carboxylic acids is 1. The van der Waals surface area contributed by atoms with Gasteiger partial charge in [-0.25, -0.2) is 13.1 Å². The van der Waals surface area contributed by atoms with Crippen molar-refractivity contribution < 1.29 is 23.1 Å². The summed E-state index contributed by atoms with van der Waals surface area (Å²) in [5, 5.41) is 9.36. The molecule has 0 aliphatic heterocycles. The van der Waals surface area contributed by atoms with E-state index >= 15 is 0 Å². The third-order valence-corrected chi connectivity index (χ3v) is 5.62. The largest absolute Gasteiger partial charge is 0.481 e. The third kappa shape index (κ3) is 5.90. The number of allylic oxidation sites excluding steroid dienone is 1. The summed E-state index contributed by atoms with van der Waals surface area (Å²) < 4.78 is 26.3. The topological polar surface area (TPSA) is 101 Å². The molecular formula is C18H15Cl2NO5S. The molecule has 0 aromatic heterocycles. The Balaban J connectivity index is 2.11. The first kappa shape index (κ1) is 21.1. The smallest absolute Gasteiger partial charge is 0.304 e. The summed E-state index contributed by atoms with van der Waals surface area (Å²) >= 11 is 12.1. The molecule has 2 aromatic carbocycles. The van der Waals surface area contributed by atoms with E-state index in [4.69, 9.17) is 28.3 Å². The number of benzene rings is 2. The standard InChI is InChI=1S/C18H15Cl2NO5S/c19-15-2-1-3-16(20)14(15)8-9-17(22)12-4-6-13(7-5-12)27(25,26)21-11-10-18(23)24/h1-9,21H,10-11H2,(H,23,24)/b9-8+. The summed E-state index contributed by atoms with van der Waals surface area (Å²) in [6.07, 6.45) is 2.46. The molecule has 0 fully saturated rings. The van der Waals surface area contributed by atoms with Crippen LogP contribution in [0.2, 0.25) is 10.0 Å². The molecule has 0 aliphatic rings. The maximum Gasteiger partial charge on any atom is 0.304 e. The van der Waals surface area contributed by atoms with Gasteiger partial charge in [-0.15, -0.1) is 0 Å². The van der Waals surface area contributed by atoms with Crippen LogP contribution in [0, 0.1) is 0 Å². The Morgan fingerprint density at radius 1 is 1.04 bits per heavy atom. The average Bonchev–Trinajstić information content (AvgIpc) is 2.60. The molecule has 0 saturated carbocycles. The molecule has 0 unspecified atom stereocenters. The Kier molecular flexibility index (Phi) is 7.15. The first-order chi connectivity index (χ1) is 12.7. The normalized spacial score (nSPS) is 11.6. The van der Waals surface area contributed by atoms with Gasteiger partial charge in [-0.05, 0) is 48.6 Å². The molecule has 2 aromatic rings. The summed E-state index contributed by atoms with van der Waals surface area (Å²) in [5.74, 6) is -1.46. The van der Waals surface area contributed by atoms with Crippen LogP contribution in [0.1, 0.15) is 22.3 Å². The molecule has 2 N–H and O–H groups in total. The number of nitrogens with one attached hydrogen (secondary N) is 1. The number of carboxylic acids is 1. The van der Waals surface area contributed by atoms with Gasteiger partial charge in [0.15, 0.2) is 5.78 Å². The number of hydrogen-bond acceptors (Lipinski definition) is 4. The van der Waals surface area contributed by atoms with E-state index in [2.05, 4.69) is 4.72 Å². The van der Waals surface area contributed by atoms with Gasteiger partial charge in [0.05, 0.1) is 11.3 Å². The van der Waals surface area contributed by atoms with E-state index in [1.54, 1.807) is 18.2 Å². The number of carboxylic acid groups (broad SMARTS) is 1. The van der Waals surface area contributed by atoms with Gasteiger partial charge in [-0.2, -0.15) is 0 Å². The lowest BCUT2D eigenvalue weighted by Gasteiger charge is -2.06. The highest BCUT2D eigenvalue weighted by molar-refractivity contribution is 7.89. The maximum absolute atomic E-state index is 12.2. The van der Waals surface area contributed by atoms with Crippen molar-refractivity contribution >= 4 is 51.1 Å². The fourth-order valence-corrected chi connectivity index (χ4v) is 3.65. The second-order valence-corrected chi connectivity index (χ2v) is 7.98. The van der Waals surface area contributed by atoms with E-state index < -0.39 is 16.0 Å². The Labute approximate surface area is 166 Å². The number of aliphatic carboxylic acids is 1. The van der Waals surface area contributed by atoms with Gasteiger partial charge in [0.1, 0.15) is 0 Å². The number of sulfonamides is 1. The van der Waals surface area contributed by atoms with Gasteiger partial charge in [0, 0.05) is 27.7 Å². The first-order valence-corrected chi connectivity index (χ1v) is 9.92. The Hall–Kier alpha value is -2.19. The highest BCUT2D eigenvalue weighted by Gasteiger charge is 2.14. The fraction of sp³-hybridized carbons (Fsp3) is 0.111. The van der Waals surface area contributed by atoms with Crippen LogP contribution in [0.5, 0.6) is 0 Å². The van der Waals surface area contributed by atoms with Crippen molar-refractivity contribution in [3.8, 4) is 0 Å². The third-order valence-electron chi connectivity index (χ3n) is 3.48. The van der Waals surface area contributed by atoms with E-state index in [1.165, 1.54) is 36.4 Å². The van der Waals surface area contributed by atoms with Crippen molar-refractivity contribution in [2.45, 2.75) is 11.3 Å². The molecule has 0 saturated heterocycles. The Morgan fingerprint density at radius 2 is 1.63 bits per heavy atom. The highest BCUT2D eigenvalue weighted by Crippen LogP contribution is 2.25. The lowest BCUT2D eigenvalue weighted by Crippen LogP contribution is -2.26. The van der Waals surface area contributed by atoms with Crippen LogP contribution in [0.15, 0.2) is 53.4 Å². The first-order valence-electron chi connectivity index (χ1n) is 7.68. The molecule has 0 aliphatic carbocycles. The zero-order chi connectivity index (χ0) is 20.0. The van der Waals surface area contributed by atoms with E-state index in [0.717, 1.165) is 0 Å². The van der Waals surface area contributed by atoms with E-state index in [1.807, 2.05) is 0 Å². The van der Waals surface area contributed by atoms with Crippen molar-refractivity contribution in [1.82, 2.24) is 4.72 Å². The minimum atomic E-state index is -3.84. The van der Waals surface area contributed by atoms with Crippen molar-refractivity contribution in [2.24, 2.45) is 0 Å². The summed E-state index contributed by atoms with van der Waals surface area (Å²) in [6.45, 7) is -0.223. The van der Waals surface area contributed by atoms with Crippen LogP contribution in [0.4, 0.5) is 0 Å². The number of ketones is 1. The summed E-state index contributed by atoms with van der Waals surface area (Å²) in [6, 6.07) is 10.3. The van der Waals surface area contributed by atoms with Gasteiger partial charge in [0.25, 0.3) is 0 Å². The molecule has 0 atom stereocenters. The summed E-state index contributed by atoms with van der Waals surface area (Å²) in [4.78, 5) is 22.6. The Bertz CT molecular complexity index is 965. The number of hydrogen-bond donors (Lipinski definition) is 2. The fourth-order valence-electron chi connectivity index (χ4n) is 2.10. The van der Waals surface area contributed by atoms with Gasteiger partial charge in [-0.3, -0.25) is 9.59 Å². The SMILES string of the molecule is O=C(O)CCNS(=O)(=O)c1ccc(C(=O)/C=C/c2c(Cl)cccc2Cl)cc1. The predicted octanol–water partition coefficient (Wildman–Crippen LogP) is 3.64. The second-order valence-electron chi connectivity index (χ2n) is 5.40. The van der Waals surface area contributed by atoms with Crippen LogP contribution < -0.4 is 4.72 Å². The zero-order valence-electron chi connectivity index (χ0n) is 13.9. The monoisotopic (exact) mass is 427 g/mol. The van der Waals surface area contributed by atoms with Gasteiger partial charge in [-0.1, -0.05) is 29.3 Å². The number of rotatable bonds is 8. The van der Waals surface area contributed by atoms with Crippen LogP contribution in [0.3, 0.4) is 0 Å². The molecule has 9 heteroatoms. The predicted molar refractivity (Wildman–Crippen MR) is 104 cm³/mol. The molecule has 0 bridgehead atoms. The van der Waals surface area contributed by atoms with Crippen molar-refractivity contribution in [3.63, 3.8) is 0 Å². The Morgan fingerprint density at radius 3 is 2.19 bits per heavy atom. The summed E-state index contributed by atoms with van der Waals surface area (Å²) in [7, 11) is -3.84. The zero-order valence-corrected chi connectivity index (χ0v) is 16.2. The van der Waals surface area contributed by atoms with Crippen LogP contribution in [-0.2, 0) is 14.8 Å². The van der Waals surface area contributed by atoms with Crippen LogP contribution in [-0.4, -0.2) is 31.8 Å². The molecule has 0 radical (unpaired) electrons. The lowest BCUT2D eigenvalue weighted by atomic mass is 10.1. The number of carbonyl (C=O) groups is 2. The molecule has 2 rings (SSSR count). The second kappa shape index (κ2) is 9.14. The average molecular weight is 428 g/mol. The van der Waals surface area contributed by atoms with Gasteiger partial charge in [0.2, 0.25) is 10.0 Å². The molecule has 0 amide bonds. The van der Waals surface area contributed by atoms with E-state index in [9.17, 15) is 18.0 Å². The molecule has 6 nitrogen and oxygen atoms in total. The van der Waals surface area contributed by atoms with Crippen molar-refractivity contribution in [1.29, 1.82) is 0 Å². The van der Waals surface area contributed by atoms with Crippen LogP contribution >= 0.6 is 23.2 Å².